The summed E-state index contributed by atoms with van der Waals surface area (Å²) in [4.78, 5) is 12.3. The number of ether oxygens (including phenoxy) is 1. The van der Waals surface area contributed by atoms with Gasteiger partial charge in [-0.1, -0.05) is 37.3 Å². The van der Waals surface area contributed by atoms with E-state index in [1.807, 2.05) is 64.1 Å². The molecule has 1 N–H and O–H groups in total. The van der Waals surface area contributed by atoms with E-state index in [0.717, 1.165) is 17.7 Å². The van der Waals surface area contributed by atoms with Crippen LogP contribution in [-0.4, -0.2) is 22.0 Å². The molecular formula is C21H28FN3O2. The summed E-state index contributed by atoms with van der Waals surface area (Å²) in [6.07, 6.45) is -0.0542. The van der Waals surface area contributed by atoms with E-state index in [1.54, 1.807) is 4.68 Å². The van der Waals surface area contributed by atoms with Gasteiger partial charge in [-0.3, -0.25) is 5.32 Å². The maximum absolute atomic E-state index is 13.9. The molecule has 1 aromatic carbocycles. The topological polar surface area (TPSA) is 56.1 Å². The molecule has 0 bridgehead atoms. The molecule has 5 nitrogen and oxygen atoms in total. The van der Waals surface area contributed by atoms with Crippen molar-refractivity contribution < 1.29 is 13.9 Å². The van der Waals surface area contributed by atoms with Gasteiger partial charge in [-0.15, -0.1) is 0 Å². The van der Waals surface area contributed by atoms with Crippen LogP contribution in [0.15, 0.2) is 36.4 Å². The Morgan fingerprint density at radius 2 is 2.00 bits per heavy atom. The van der Waals surface area contributed by atoms with Crippen LogP contribution in [0.2, 0.25) is 0 Å². The van der Waals surface area contributed by atoms with E-state index in [1.165, 1.54) is 0 Å². The van der Waals surface area contributed by atoms with Crippen LogP contribution in [-0.2, 0) is 16.9 Å². The summed E-state index contributed by atoms with van der Waals surface area (Å²) >= 11 is 0. The molecule has 0 spiro atoms. The van der Waals surface area contributed by atoms with Crippen molar-refractivity contribution in [2.24, 2.45) is 5.92 Å². The number of nitrogens with one attached hydrogen (secondary N) is 1. The summed E-state index contributed by atoms with van der Waals surface area (Å²) in [5.41, 5.74) is 1.43. The second kappa shape index (κ2) is 7.71. The highest BCUT2D eigenvalue weighted by Crippen LogP contribution is 2.40. The van der Waals surface area contributed by atoms with E-state index < -0.39 is 12.3 Å². The number of hydrogen-bond donors (Lipinski definition) is 1. The van der Waals surface area contributed by atoms with Gasteiger partial charge in [0, 0.05) is 12.0 Å². The van der Waals surface area contributed by atoms with Gasteiger partial charge in [-0.25, -0.2) is 13.9 Å². The van der Waals surface area contributed by atoms with Gasteiger partial charge in [0.1, 0.15) is 18.6 Å². The van der Waals surface area contributed by atoms with Crippen molar-refractivity contribution in [3.05, 3.63) is 47.7 Å². The number of alkyl halides is 1. The third-order valence-corrected chi connectivity index (χ3v) is 5.01. The lowest BCUT2D eigenvalue weighted by Crippen LogP contribution is -2.27. The van der Waals surface area contributed by atoms with Crippen molar-refractivity contribution in [3.8, 4) is 0 Å². The maximum atomic E-state index is 13.9. The van der Waals surface area contributed by atoms with Crippen LogP contribution >= 0.6 is 0 Å². The Bertz CT molecular complexity index is 772. The number of rotatable bonds is 4. The molecule has 1 aliphatic rings. The SMILES string of the molecule is C[C@H]1C[C@@H](c2cc(NC(=O)OCc3ccccc3)n(C(C)(C)C)n2)C[C@H]1F. The number of benzene rings is 1. The van der Waals surface area contributed by atoms with Crippen molar-refractivity contribution in [1.29, 1.82) is 0 Å². The molecule has 146 valence electrons. The quantitative estimate of drug-likeness (QED) is 0.797. The van der Waals surface area contributed by atoms with Crippen molar-refractivity contribution in [2.45, 2.75) is 64.8 Å². The van der Waals surface area contributed by atoms with Crippen LogP contribution in [0.3, 0.4) is 0 Å². The van der Waals surface area contributed by atoms with Gasteiger partial charge in [0.15, 0.2) is 0 Å². The zero-order valence-electron chi connectivity index (χ0n) is 16.4. The average Bonchev–Trinajstić information content (AvgIpc) is 3.18. The molecule has 6 heteroatoms. The third kappa shape index (κ3) is 4.67. The minimum atomic E-state index is -0.790. The second-order valence-corrected chi connectivity index (χ2v) is 8.39. The van der Waals surface area contributed by atoms with Gasteiger partial charge in [-0.05, 0) is 45.1 Å². The van der Waals surface area contributed by atoms with Gasteiger partial charge in [0.2, 0.25) is 0 Å². The lowest BCUT2D eigenvalue weighted by Gasteiger charge is -2.22. The number of hydrogen-bond acceptors (Lipinski definition) is 3. The Morgan fingerprint density at radius 3 is 2.59 bits per heavy atom. The van der Waals surface area contributed by atoms with E-state index in [2.05, 4.69) is 10.4 Å². The monoisotopic (exact) mass is 373 g/mol. The number of halogens is 1. The van der Waals surface area contributed by atoms with Crippen molar-refractivity contribution >= 4 is 11.9 Å². The van der Waals surface area contributed by atoms with Crippen molar-refractivity contribution in [1.82, 2.24) is 9.78 Å². The molecule has 1 aromatic heterocycles. The molecule has 1 aliphatic carbocycles. The first-order valence-corrected chi connectivity index (χ1v) is 9.46. The van der Waals surface area contributed by atoms with Crippen LogP contribution in [0.1, 0.15) is 57.7 Å². The van der Waals surface area contributed by atoms with Gasteiger partial charge in [0.25, 0.3) is 0 Å². The minimum absolute atomic E-state index is 0.0435. The number of amides is 1. The summed E-state index contributed by atoms with van der Waals surface area (Å²) in [5.74, 6) is 0.701. The summed E-state index contributed by atoms with van der Waals surface area (Å²) in [5, 5.41) is 7.48. The standard InChI is InChI=1S/C21H28FN3O2/c1-14-10-16(11-17(14)22)18-12-19(25(24-18)21(2,3)4)23-20(26)27-13-15-8-6-5-7-9-15/h5-9,12,14,16-17H,10-11,13H2,1-4H3,(H,23,26)/t14-,16+,17+/m0/s1. The normalized spacial score (nSPS) is 22.6. The fourth-order valence-corrected chi connectivity index (χ4v) is 3.50. The van der Waals surface area contributed by atoms with E-state index in [0.29, 0.717) is 12.2 Å². The fraction of sp³-hybridized carbons (Fsp3) is 0.524. The van der Waals surface area contributed by atoms with E-state index in [-0.39, 0.29) is 24.0 Å². The first-order valence-electron chi connectivity index (χ1n) is 9.46. The molecule has 2 aromatic rings. The van der Waals surface area contributed by atoms with Crippen LogP contribution in [0, 0.1) is 5.92 Å². The van der Waals surface area contributed by atoms with Gasteiger partial charge < -0.3 is 4.74 Å². The number of carbonyl (C=O) groups is 1. The highest BCUT2D eigenvalue weighted by atomic mass is 19.1. The molecule has 1 saturated carbocycles. The van der Waals surface area contributed by atoms with Crippen molar-refractivity contribution in [2.75, 3.05) is 5.32 Å². The average molecular weight is 373 g/mol. The predicted octanol–water partition coefficient (Wildman–Crippen LogP) is 5.24. The highest BCUT2D eigenvalue weighted by molar-refractivity contribution is 5.83. The second-order valence-electron chi connectivity index (χ2n) is 8.39. The lowest BCUT2D eigenvalue weighted by atomic mass is 10.0. The first-order chi connectivity index (χ1) is 12.7. The number of carbonyl (C=O) groups excluding carboxylic acids is 1. The maximum Gasteiger partial charge on any atom is 0.413 e. The molecule has 1 heterocycles. The molecule has 27 heavy (non-hydrogen) atoms. The molecule has 1 fully saturated rings. The zero-order chi connectivity index (χ0) is 19.6. The molecule has 3 rings (SSSR count). The predicted molar refractivity (Wildman–Crippen MR) is 104 cm³/mol. The highest BCUT2D eigenvalue weighted by Gasteiger charge is 2.34. The summed E-state index contributed by atoms with van der Waals surface area (Å²) in [6.45, 7) is 8.18. The minimum Gasteiger partial charge on any atom is -0.444 e. The Hall–Kier alpha value is -2.37. The lowest BCUT2D eigenvalue weighted by molar-refractivity contribution is 0.154. The number of anilines is 1. The number of aromatic nitrogens is 2. The van der Waals surface area contributed by atoms with E-state index in [4.69, 9.17) is 4.74 Å². The van der Waals surface area contributed by atoms with Crippen LogP contribution < -0.4 is 5.32 Å². The molecule has 0 unspecified atom stereocenters. The zero-order valence-corrected chi connectivity index (χ0v) is 16.4. The molecule has 0 saturated heterocycles. The molecule has 0 aliphatic heterocycles. The molecule has 1 amide bonds. The van der Waals surface area contributed by atoms with Gasteiger partial charge in [0.05, 0.1) is 11.2 Å². The summed E-state index contributed by atoms with van der Waals surface area (Å²) in [6, 6.07) is 11.4. The Morgan fingerprint density at radius 1 is 1.30 bits per heavy atom. The van der Waals surface area contributed by atoms with E-state index in [9.17, 15) is 9.18 Å². The van der Waals surface area contributed by atoms with E-state index >= 15 is 0 Å². The smallest absolute Gasteiger partial charge is 0.413 e. The molecule has 0 radical (unpaired) electrons. The van der Waals surface area contributed by atoms with Gasteiger partial charge in [-0.2, -0.15) is 5.10 Å². The molecule has 3 atom stereocenters. The van der Waals surface area contributed by atoms with Crippen LogP contribution in [0.4, 0.5) is 15.0 Å². The Labute approximate surface area is 159 Å². The van der Waals surface area contributed by atoms with Crippen LogP contribution in [0.5, 0.6) is 0 Å². The Kier molecular flexibility index (Phi) is 5.53. The third-order valence-electron chi connectivity index (χ3n) is 5.01. The summed E-state index contributed by atoms with van der Waals surface area (Å²) in [7, 11) is 0. The summed E-state index contributed by atoms with van der Waals surface area (Å²) < 4.78 is 21.0. The fourth-order valence-electron chi connectivity index (χ4n) is 3.50. The van der Waals surface area contributed by atoms with Crippen molar-refractivity contribution in [3.63, 3.8) is 0 Å². The van der Waals surface area contributed by atoms with Gasteiger partial charge >= 0.3 is 6.09 Å². The number of nitrogens with zero attached hydrogens (tertiary/aromatic N) is 2. The molecular weight excluding hydrogens is 345 g/mol. The largest absolute Gasteiger partial charge is 0.444 e. The Balaban J connectivity index is 1.72. The van der Waals surface area contributed by atoms with Crippen LogP contribution in [0.25, 0.3) is 0 Å². The first kappa shape index (κ1) is 19.4.